The van der Waals surface area contributed by atoms with Gasteiger partial charge in [0, 0.05) is 37.8 Å². The number of aryl methyl sites for hydroxylation is 1. The molecule has 32 heavy (non-hydrogen) atoms. The van der Waals surface area contributed by atoms with Gasteiger partial charge >= 0.3 is 0 Å². The second kappa shape index (κ2) is 9.42. The molecule has 164 valence electrons. The first-order chi connectivity index (χ1) is 15.5. The molecule has 0 aliphatic heterocycles. The first-order valence-electron chi connectivity index (χ1n) is 10.3. The Balaban J connectivity index is 1.46. The van der Waals surface area contributed by atoms with Crippen molar-refractivity contribution in [3.05, 3.63) is 90.0 Å². The second-order valence-electron chi connectivity index (χ2n) is 7.29. The van der Waals surface area contributed by atoms with Crippen LogP contribution in [0.3, 0.4) is 0 Å². The summed E-state index contributed by atoms with van der Waals surface area (Å²) in [5.74, 6) is 0.510. The van der Waals surface area contributed by atoms with Crippen molar-refractivity contribution in [1.29, 1.82) is 0 Å². The van der Waals surface area contributed by atoms with Crippen molar-refractivity contribution in [2.45, 2.75) is 36.2 Å². The van der Waals surface area contributed by atoms with E-state index in [9.17, 15) is 13.2 Å². The number of Topliss-reactive ketones (excluding diaryl/α,β-unsaturated/α-hetero) is 1. The molecule has 0 spiro atoms. The Hall–Kier alpha value is -3.36. The lowest BCUT2D eigenvalue weighted by Crippen LogP contribution is -2.07. The third-order valence-electron chi connectivity index (χ3n) is 5.17. The largest absolute Gasteiger partial charge is 0.377 e. The van der Waals surface area contributed by atoms with Crippen molar-refractivity contribution in [2.75, 3.05) is 6.61 Å². The Morgan fingerprint density at radius 1 is 1.06 bits per heavy atom. The van der Waals surface area contributed by atoms with Crippen LogP contribution in [0.15, 0.2) is 83.1 Å². The first-order valence-corrected chi connectivity index (χ1v) is 11.8. The van der Waals surface area contributed by atoms with Crippen LogP contribution in [0.2, 0.25) is 0 Å². The number of hydrogen-bond acceptors (Lipinski definition) is 6. The first kappa shape index (κ1) is 21.9. The molecule has 2 aromatic heterocycles. The fourth-order valence-electron chi connectivity index (χ4n) is 3.42. The second-order valence-corrected chi connectivity index (χ2v) is 9.21. The number of rotatable bonds is 9. The average Bonchev–Trinajstić information content (AvgIpc) is 3.29. The van der Waals surface area contributed by atoms with Gasteiger partial charge in [-0.15, -0.1) is 0 Å². The number of aromatic nitrogens is 3. The van der Waals surface area contributed by atoms with Gasteiger partial charge in [0.05, 0.1) is 22.0 Å². The number of imidazole rings is 1. The third kappa shape index (κ3) is 4.61. The highest BCUT2D eigenvalue weighted by Gasteiger charge is 2.21. The Kier molecular flexibility index (Phi) is 6.43. The molecule has 0 saturated carbocycles. The van der Waals surface area contributed by atoms with Gasteiger partial charge in [-0.25, -0.2) is 18.4 Å². The van der Waals surface area contributed by atoms with Gasteiger partial charge in [-0.05, 0) is 42.7 Å². The fourth-order valence-corrected chi connectivity index (χ4v) is 4.90. The van der Waals surface area contributed by atoms with Crippen molar-refractivity contribution < 1.29 is 17.9 Å². The number of ketones is 1. The summed E-state index contributed by atoms with van der Waals surface area (Å²) < 4.78 is 33.4. The number of sulfone groups is 1. The number of ether oxygens (including phenoxy) is 1. The quantitative estimate of drug-likeness (QED) is 0.360. The molecule has 0 aliphatic carbocycles. The summed E-state index contributed by atoms with van der Waals surface area (Å²) in [5, 5.41) is 0. The van der Waals surface area contributed by atoms with Crippen LogP contribution >= 0.6 is 0 Å². The highest BCUT2D eigenvalue weighted by Crippen LogP contribution is 2.25. The predicted molar refractivity (Wildman–Crippen MR) is 119 cm³/mol. The molecule has 4 aromatic rings. The van der Waals surface area contributed by atoms with Crippen molar-refractivity contribution in [3.63, 3.8) is 0 Å². The summed E-state index contributed by atoms with van der Waals surface area (Å²) in [7, 11) is -3.67. The van der Waals surface area contributed by atoms with E-state index in [1.54, 1.807) is 71.5 Å². The summed E-state index contributed by atoms with van der Waals surface area (Å²) in [6, 6.07) is 13.6. The Morgan fingerprint density at radius 3 is 2.62 bits per heavy atom. The molecule has 0 N–H and O–H groups in total. The molecule has 0 amide bonds. The van der Waals surface area contributed by atoms with Crippen molar-refractivity contribution in [3.8, 4) is 0 Å². The molecule has 0 aliphatic rings. The van der Waals surface area contributed by atoms with Gasteiger partial charge in [0.15, 0.2) is 5.78 Å². The van der Waals surface area contributed by atoms with Gasteiger partial charge in [0.25, 0.3) is 0 Å². The normalized spacial score (nSPS) is 11.7. The monoisotopic (exact) mass is 449 g/mol. The predicted octanol–water partition coefficient (Wildman–Crippen LogP) is 3.91. The number of carbonyl (C=O) groups excluding carboxylic acids is 1. The average molecular weight is 450 g/mol. The summed E-state index contributed by atoms with van der Waals surface area (Å²) >= 11 is 0. The van der Waals surface area contributed by atoms with E-state index in [0.29, 0.717) is 36.4 Å². The summed E-state index contributed by atoms with van der Waals surface area (Å²) in [6.45, 7) is 2.62. The maximum Gasteiger partial charge on any atom is 0.233 e. The van der Waals surface area contributed by atoms with Gasteiger partial charge in [-0.2, -0.15) is 0 Å². The third-order valence-corrected chi connectivity index (χ3v) is 7.04. The Labute approximate surface area is 186 Å². The zero-order chi connectivity index (χ0) is 22.6. The van der Waals surface area contributed by atoms with E-state index < -0.39 is 9.84 Å². The lowest BCUT2D eigenvalue weighted by Gasteiger charge is -2.11. The highest BCUT2D eigenvalue weighted by molar-refractivity contribution is 7.91. The standard InChI is InChI=1S/C24H23N3O4S/c1-2-31-17-19-5-3-4-6-23(19)32(29,30)21-10-7-18(8-11-21)9-12-22(28)20-15-26-24-25-13-14-27(24)16-20/h3-8,10-11,13-16H,2,9,12,17H2,1H3. The maximum atomic E-state index is 13.1. The molecule has 2 aromatic carbocycles. The molecule has 4 rings (SSSR count). The van der Waals surface area contributed by atoms with E-state index in [4.69, 9.17) is 4.74 Å². The van der Waals surface area contributed by atoms with E-state index in [0.717, 1.165) is 5.56 Å². The number of fused-ring (bicyclic) bond motifs is 1. The maximum absolute atomic E-state index is 13.1. The number of nitrogens with zero attached hydrogens (tertiary/aromatic N) is 3. The molecule has 0 unspecified atom stereocenters. The summed E-state index contributed by atoms with van der Waals surface area (Å²) in [6.07, 6.45) is 7.41. The molecular formula is C24H23N3O4S. The molecule has 7 nitrogen and oxygen atoms in total. The number of benzene rings is 2. The fraction of sp³-hybridized carbons (Fsp3) is 0.208. The molecule has 8 heteroatoms. The van der Waals surface area contributed by atoms with Gasteiger partial charge in [0.1, 0.15) is 0 Å². The van der Waals surface area contributed by atoms with Crippen molar-refractivity contribution in [1.82, 2.24) is 14.4 Å². The van der Waals surface area contributed by atoms with Crippen LogP contribution in [0.1, 0.15) is 34.8 Å². The molecule has 0 radical (unpaired) electrons. The van der Waals surface area contributed by atoms with Gasteiger partial charge in [0.2, 0.25) is 15.6 Å². The van der Waals surface area contributed by atoms with Crippen LogP contribution in [0.4, 0.5) is 0 Å². The van der Waals surface area contributed by atoms with Gasteiger partial charge < -0.3 is 4.74 Å². The SMILES string of the molecule is CCOCc1ccccc1S(=O)(=O)c1ccc(CCC(=O)c2cnc3nccn3c2)cc1. The van der Waals surface area contributed by atoms with Crippen molar-refractivity contribution >= 4 is 21.4 Å². The Bertz CT molecular complexity index is 1350. The Morgan fingerprint density at radius 2 is 1.84 bits per heavy atom. The molecule has 2 heterocycles. The van der Waals surface area contributed by atoms with Crippen LogP contribution in [0, 0.1) is 0 Å². The van der Waals surface area contributed by atoms with Crippen LogP contribution in [-0.2, 0) is 27.6 Å². The summed E-state index contributed by atoms with van der Waals surface area (Å²) in [5.41, 5.74) is 2.03. The number of hydrogen-bond donors (Lipinski definition) is 0. The summed E-state index contributed by atoms with van der Waals surface area (Å²) in [4.78, 5) is 21.2. The molecule has 0 bridgehead atoms. The molecule has 0 saturated heterocycles. The topological polar surface area (TPSA) is 90.6 Å². The smallest absolute Gasteiger partial charge is 0.233 e. The molecule has 0 atom stereocenters. The van der Waals surface area contributed by atoms with E-state index in [2.05, 4.69) is 9.97 Å². The molecular weight excluding hydrogens is 426 g/mol. The molecule has 0 fully saturated rings. The van der Waals surface area contributed by atoms with Gasteiger partial charge in [-0.3, -0.25) is 9.20 Å². The lowest BCUT2D eigenvalue weighted by atomic mass is 10.0. The van der Waals surface area contributed by atoms with Crippen molar-refractivity contribution in [2.24, 2.45) is 0 Å². The zero-order valence-electron chi connectivity index (χ0n) is 17.6. The van der Waals surface area contributed by atoms with Gasteiger partial charge in [-0.1, -0.05) is 30.3 Å². The van der Waals surface area contributed by atoms with E-state index in [1.165, 1.54) is 6.20 Å². The zero-order valence-corrected chi connectivity index (χ0v) is 18.5. The van der Waals surface area contributed by atoms with Crippen LogP contribution < -0.4 is 0 Å². The van der Waals surface area contributed by atoms with Crippen LogP contribution in [0.25, 0.3) is 5.78 Å². The van der Waals surface area contributed by atoms with E-state index >= 15 is 0 Å². The lowest BCUT2D eigenvalue weighted by molar-refractivity contribution is 0.0982. The minimum atomic E-state index is -3.67. The van der Waals surface area contributed by atoms with E-state index in [-0.39, 0.29) is 22.2 Å². The van der Waals surface area contributed by atoms with Crippen LogP contribution in [-0.4, -0.2) is 35.2 Å². The van der Waals surface area contributed by atoms with E-state index in [1.807, 2.05) is 6.92 Å². The minimum absolute atomic E-state index is 0.0327. The highest BCUT2D eigenvalue weighted by atomic mass is 32.2. The van der Waals surface area contributed by atoms with Crippen LogP contribution in [0.5, 0.6) is 0 Å². The number of carbonyl (C=O) groups is 1. The minimum Gasteiger partial charge on any atom is -0.377 e.